The first-order chi connectivity index (χ1) is 14.5. The van der Waals surface area contributed by atoms with Gasteiger partial charge in [0.05, 0.1) is 24.5 Å². The molecule has 1 aliphatic rings. The summed E-state index contributed by atoms with van der Waals surface area (Å²) in [7, 11) is 0. The highest BCUT2D eigenvalue weighted by atomic mass is 16.6. The number of likely N-dealkylation sites (tertiary alicyclic amines) is 1. The van der Waals surface area contributed by atoms with Crippen molar-refractivity contribution >= 4 is 17.1 Å². The third-order valence-corrected chi connectivity index (χ3v) is 5.13. The number of aromatic nitrogens is 5. The van der Waals surface area contributed by atoms with Crippen LogP contribution in [0.3, 0.4) is 0 Å². The summed E-state index contributed by atoms with van der Waals surface area (Å²) in [6.45, 7) is 7.64. The molecule has 30 heavy (non-hydrogen) atoms. The highest BCUT2D eigenvalue weighted by molar-refractivity contribution is 5.80. The van der Waals surface area contributed by atoms with Crippen LogP contribution >= 0.6 is 0 Å². The van der Waals surface area contributed by atoms with Crippen LogP contribution in [-0.4, -0.2) is 55.4 Å². The predicted molar refractivity (Wildman–Crippen MR) is 110 cm³/mol. The predicted octanol–water partition coefficient (Wildman–Crippen LogP) is 3.75. The quantitative estimate of drug-likeness (QED) is 0.632. The Bertz CT molecular complexity index is 1030. The maximum Gasteiger partial charge on any atom is 0.409 e. The summed E-state index contributed by atoms with van der Waals surface area (Å²) in [5.41, 5.74) is 1.51. The topological polar surface area (TPSA) is 95.3 Å². The summed E-state index contributed by atoms with van der Waals surface area (Å²) in [5.74, 6) is 1.43. The van der Waals surface area contributed by atoms with Crippen LogP contribution < -0.4 is 4.74 Å². The Labute approximate surface area is 175 Å². The second kappa shape index (κ2) is 8.64. The van der Waals surface area contributed by atoms with Gasteiger partial charge < -0.3 is 14.4 Å². The lowest BCUT2D eigenvalue weighted by molar-refractivity contribution is 0.0792. The maximum absolute atomic E-state index is 12.2. The SMILES string of the molecule is Cc1ncccc1Oc1ncnc2c1cnn2C1CCN(C(=O)OCC(C)C)CC1. The summed E-state index contributed by atoms with van der Waals surface area (Å²) in [5, 5.41) is 5.31. The summed E-state index contributed by atoms with van der Waals surface area (Å²) in [6, 6.07) is 3.83. The van der Waals surface area contributed by atoms with E-state index in [2.05, 4.69) is 20.1 Å². The second-order valence-corrected chi connectivity index (χ2v) is 7.88. The average Bonchev–Trinajstić information content (AvgIpc) is 3.19. The van der Waals surface area contributed by atoms with E-state index in [1.165, 1.54) is 6.33 Å². The minimum absolute atomic E-state index is 0.152. The van der Waals surface area contributed by atoms with E-state index in [9.17, 15) is 4.79 Å². The number of piperidine rings is 1. The van der Waals surface area contributed by atoms with Gasteiger partial charge in [-0.3, -0.25) is 4.98 Å². The fourth-order valence-corrected chi connectivity index (χ4v) is 3.49. The summed E-state index contributed by atoms with van der Waals surface area (Å²) in [6.07, 6.45) is 6.28. The van der Waals surface area contributed by atoms with Gasteiger partial charge in [-0.15, -0.1) is 0 Å². The van der Waals surface area contributed by atoms with E-state index in [1.807, 2.05) is 37.6 Å². The first kappa shape index (κ1) is 20.1. The van der Waals surface area contributed by atoms with Crippen LogP contribution in [0.15, 0.2) is 30.9 Å². The molecule has 0 saturated carbocycles. The molecule has 1 fully saturated rings. The van der Waals surface area contributed by atoms with Gasteiger partial charge in [-0.1, -0.05) is 13.8 Å². The van der Waals surface area contributed by atoms with Crippen molar-refractivity contribution in [3.8, 4) is 11.6 Å². The maximum atomic E-state index is 12.2. The molecule has 4 rings (SSSR count). The minimum atomic E-state index is -0.239. The van der Waals surface area contributed by atoms with Crippen LogP contribution in [0.1, 0.15) is 38.4 Å². The van der Waals surface area contributed by atoms with Crippen LogP contribution in [0.4, 0.5) is 4.79 Å². The van der Waals surface area contributed by atoms with Crippen LogP contribution in [0.2, 0.25) is 0 Å². The summed E-state index contributed by atoms with van der Waals surface area (Å²) < 4.78 is 13.2. The molecule has 1 aliphatic heterocycles. The zero-order valence-electron chi connectivity index (χ0n) is 17.5. The van der Waals surface area contributed by atoms with Crippen LogP contribution in [0, 0.1) is 12.8 Å². The Morgan fingerprint density at radius 1 is 1.23 bits per heavy atom. The fraction of sp³-hybridized carbons (Fsp3) is 0.476. The highest BCUT2D eigenvalue weighted by Crippen LogP contribution is 2.31. The number of aryl methyl sites for hydroxylation is 1. The molecule has 158 valence electrons. The zero-order chi connectivity index (χ0) is 21.1. The molecule has 0 unspecified atom stereocenters. The molecule has 0 aromatic carbocycles. The number of carbonyl (C=O) groups excluding carboxylic acids is 1. The average molecular weight is 410 g/mol. The number of rotatable bonds is 5. The number of pyridine rings is 1. The Morgan fingerprint density at radius 2 is 2.03 bits per heavy atom. The van der Waals surface area contributed by atoms with Gasteiger partial charge >= 0.3 is 6.09 Å². The molecule has 9 heteroatoms. The zero-order valence-corrected chi connectivity index (χ0v) is 17.5. The number of amides is 1. The van der Waals surface area contributed by atoms with Gasteiger partial charge in [0.2, 0.25) is 5.88 Å². The number of nitrogens with zero attached hydrogens (tertiary/aromatic N) is 6. The third-order valence-electron chi connectivity index (χ3n) is 5.13. The van der Waals surface area contributed by atoms with E-state index in [0.29, 0.717) is 37.2 Å². The molecule has 0 spiro atoms. The Balaban J connectivity index is 1.47. The number of fused-ring (bicyclic) bond motifs is 1. The van der Waals surface area contributed by atoms with Crippen LogP contribution in [0.5, 0.6) is 11.6 Å². The monoisotopic (exact) mass is 410 g/mol. The van der Waals surface area contributed by atoms with Gasteiger partial charge in [0.25, 0.3) is 0 Å². The van der Waals surface area contributed by atoms with E-state index < -0.39 is 0 Å². The second-order valence-electron chi connectivity index (χ2n) is 7.88. The molecular weight excluding hydrogens is 384 g/mol. The van der Waals surface area contributed by atoms with Crippen molar-refractivity contribution in [2.24, 2.45) is 5.92 Å². The molecule has 0 atom stereocenters. The molecular formula is C21H26N6O3. The number of hydrogen-bond acceptors (Lipinski definition) is 7. The molecule has 0 bridgehead atoms. The van der Waals surface area contributed by atoms with Gasteiger partial charge in [-0.05, 0) is 37.8 Å². The number of hydrogen-bond donors (Lipinski definition) is 0. The van der Waals surface area contributed by atoms with Gasteiger partial charge in [-0.2, -0.15) is 5.10 Å². The van der Waals surface area contributed by atoms with Crippen molar-refractivity contribution in [3.63, 3.8) is 0 Å². The molecule has 9 nitrogen and oxygen atoms in total. The molecule has 1 saturated heterocycles. The van der Waals surface area contributed by atoms with Crippen molar-refractivity contribution in [1.29, 1.82) is 0 Å². The molecule has 0 aliphatic carbocycles. The van der Waals surface area contributed by atoms with Gasteiger partial charge in [0.1, 0.15) is 11.7 Å². The van der Waals surface area contributed by atoms with Gasteiger partial charge in [0.15, 0.2) is 11.4 Å². The van der Waals surface area contributed by atoms with E-state index in [0.717, 1.165) is 29.6 Å². The minimum Gasteiger partial charge on any atom is -0.449 e. The van der Waals surface area contributed by atoms with Crippen LogP contribution in [-0.2, 0) is 4.74 Å². The lowest BCUT2D eigenvalue weighted by Crippen LogP contribution is -2.40. The summed E-state index contributed by atoms with van der Waals surface area (Å²) >= 11 is 0. The van der Waals surface area contributed by atoms with E-state index in [-0.39, 0.29) is 12.1 Å². The molecule has 3 aromatic rings. The van der Waals surface area contributed by atoms with E-state index in [4.69, 9.17) is 9.47 Å². The Morgan fingerprint density at radius 3 is 2.77 bits per heavy atom. The lowest BCUT2D eigenvalue weighted by Gasteiger charge is -2.31. The largest absolute Gasteiger partial charge is 0.449 e. The molecule has 0 N–H and O–H groups in total. The highest BCUT2D eigenvalue weighted by Gasteiger charge is 2.27. The van der Waals surface area contributed by atoms with Crippen molar-refractivity contribution < 1.29 is 14.3 Å². The van der Waals surface area contributed by atoms with Crippen molar-refractivity contribution in [2.45, 2.75) is 39.7 Å². The standard InChI is InChI=1S/C21H26N6O3/c1-14(2)12-29-21(28)26-9-6-16(7-10-26)27-19-17(11-25-27)20(24-13-23-19)30-18-5-4-8-22-15(18)3/h4-5,8,11,13-14,16H,6-7,9-10,12H2,1-3H3. The third kappa shape index (κ3) is 4.19. The first-order valence-electron chi connectivity index (χ1n) is 10.2. The van der Waals surface area contributed by atoms with Crippen LogP contribution in [0.25, 0.3) is 11.0 Å². The van der Waals surface area contributed by atoms with E-state index >= 15 is 0 Å². The molecule has 3 aromatic heterocycles. The Hall–Kier alpha value is -3.23. The van der Waals surface area contributed by atoms with E-state index in [1.54, 1.807) is 17.3 Å². The van der Waals surface area contributed by atoms with Crippen molar-refractivity contribution in [2.75, 3.05) is 19.7 Å². The van der Waals surface area contributed by atoms with Gasteiger partial charge in [-0.25, -0.2) is 19.4 Å². The Kier molecular flexibility index (Phi) is 5.78. The number of ether oxygens (including phenoxy) is 2. The fourth-order valence-electron chi connectivity index (χ4n) is 3.49. The first-order valence-corrected chi connectivity index (χ1v) is 10.2. The number of carbonyl (C=O) groups is 1. The molecule has 1 amide bonds. The normalized spacial score (nSPS) is 15.0. The van der Waals surface area contributed by atoms with Crippen molar-refractivity contribution in [1.82, 2.24) is 29.6 Å². The van der Waals surface area contributed by atoms with Gasteiger partial charge in [0, 0.05) is 19.3 Å². The smallest absolute Gasteiger partial charge is 0.409 e. The molecule has 4 heterocycles. The molecule has 0 radical (unpaired) electrons. The lowest BCUT2D eigenvalue weighted by atomic mass is 10.1. The van der Waals surface area contributed by atoms with Crippen molar-refractivity contribution in [3.05, 3.63) is 36.5 Å². The summed E-state index contributed by atoms with van der Waals surface area (Å²) in [4.78, 5) is 26.9.